The Morgan fingerprint density at radius 1 is 1.42 bits per heavy atom. The molecule has 2 unspecified atom stereocenters. The molecular formula is C13H21N5O. The monoisotopic (exact) mass is 263 g/mol. The van der Waals surface area contributed by atoms with Gasteiger partial charge in [-0.15, -0.1) is 0 Å². The molecule has 2 rings (SSSR count). The molecule has 6 heteroatoms. The summed E-state index contributed by atoms with van der Waals surface area (Å²) in [7, 11) is 0. The van der Waals surface area contributed by atoms with Crippen molar-refractivity contribution in [1.82, 2.24) is 9.99 Å². The lowest BCUT2D eigenvalue weighted by atomic mass is 10.00. The molecule has 1 aliphatic heterocycles. The highest BCUT2D eigenvalue weighted by Gasteiger charge is 2.25. The van der Waals surface area contributed by atoms with Gasteiger partial charge in [-0.05, 0) is 32.8 Å². The van der Waals surface area contributed by atoms with Crippen molar-refractivity contribution in [1.29, 1.82) is 0 Å². The fourth-order valence-electron chi connectivity index (χ4n) is 2.51. The van der Waals surface area contributed by atoms with Crippen LogP contribution in [0.4, 0.5) is 11.5 Å². The molecular weight excluding hydrogens is 242 g/mol. The van der Waals surface area contributed by atoms with Crippen LogP contribution in [0.1, 0.15) is 43.5 Å². The van der Waals surface area contributed by atoms with Gasteiger partial charge in [0.05, 0.1) is 17.4 Å². The van der Waals surface area contributed by atoms with E-state index in [1.807, 2.05) is 0 Å². The van der Waals surface area contributed by atoms with Crippen LogP contribution >= 0.6 is 0 Å². The van der Waals surface area contributed by atoms with Crippen molar-refractivity contribution < 1.29 is 4.79 Å². The van der Waals surface area contributed by atoms with Crippen molar-refractivity contribution >= 4 is 17.4 Å². The lowest BCUT2D eigenvalue weighted by Gasteiger charge is -2.39. The average Bonchev–Trinajstić information content (AvgIpc) is 2.35. The Hall–Kier alpha value is -1.82. The number of hydrogen-bond acceptors (Lipinski definition) is 5. The Labute approximate surface area is 113 Å². The van der Waals surface area contributed by atoms with E-state index in [0.29, 0.717) is 29.2 Å². The van der Waals surface area contributed by atoms with E-state index in [1.54, 1.807) is 6.07 Å². The van der Waals surface area contributed by atoms with Crippen molar-refractivity contribution in [2.45, 2.75) is 45.2 Å². The predicted molar refractivity (Wildman–Crippen MR) is 75.4 cm³/mol. The molecule has 6 nitrogen and oxygen atoms in total. The minimum atomic E-state index is -0.539. The Bertz CT molecular complexity index is 466. The number of piperidine rings is 1. The predicted octanol–water partition coefficient (Wildman–Crippen LogP) is 1.35. The van der Waals surface area contributed by atoms with E-state index in [-0.39, 0.29) is 0 Å². The number of anilines is 2. The van der Waals surface area contributed by atoms with Gasteiger partial charge in [0.15, 0.2) is 0 Å². The average molecular weight is 263 g/mol. The summed E-state index contributed by atoms with van der Waals surface area (Å²) in [6, 6.07) is 2.46. The quantitative estimate of drug-likeness (QED) is 0.765. The summed E-state index contributed by atoms with van der Waals surface area (Å²) in [6.07, 6.45) is 4.99. The first-order chi connectivity index (χ1) is 8.99. The van der Waals surface area contributed by atoms with Gasteiger partial charge in [-0.2, -0.15) is 0 Å². The van der Waals surface area contributed by atoms with E-state index in [9.17, 15) is 4.79 Å². The largest absolute Gasteiger partial charge is 0.397 e. The van der Waals surface area contributed by atoms with Gasteiger partial charge in [0.25, 0.3) is 5.91 Å². The van der Waals surface area contributed by atoms with E-state index in [4.69, 9.17) is 11.5 Å². The number of carbonyl (C=O) groups excluding carboxylic acids is 1. The molecule has 104 valence electrons. The number of carbonyl (C=O) groups is 1. The Balaban J connectivity index is 2.18. The molecule has 0 spiro atoms. The topological polar surface area (TPSA) is 97.3 Å². The molecule has 1 aromatic heterocycles. The number of nitrogens with zero attached hydrogens (tertiary/aromatic N) is 2. The third kappa shape index (κ3) is 2.96. The molecule has 1 saturated heterocycles. The third-order valence-corrected chi connectivity index (χ3v) is 3.64. The minimum Gasteiger partial charge on any atom is -0.397 e. The number of hydrazine groups is 1. The highest BCUT2D eigenvalue weighted by atomic mass is 16.1. The van der Waals surface area contributed by atoms with E-state index in [2.05, 4.69) is 29.3 Å². The van der Waals surface area contributed by atoms with E-state index >= 15 is 0 Å². The number of rotatable bonds is 3. The highest BCUT2D eigenvalue weighted by Crippen LogP contribution is 2.23. The van der Waals surface area contributed by atoms with E-state index in [0.717, 1.165) is 12.8 Å². The lowest BCUT2D eigenvalue weighted by Crippen LogP contribution is -2.47. The van der Waals surface area contributed by atoms with Crippen LogP contribution in [-0.2, 0) is 0 Å². The summed E-state index contributed by atoms with van der Waals surface area (Å²) < 4.78 is 0. The first-order valence-electron chi connectivity index (χ1n) is 6.59. The van der Waals surface area contributed by atoms with Crippen molar-refractivity contribution in [2.24, 2.45) is 5.73 Å². The molecule has 1 aliphatic rings. The molecule has 0 aromatic carbocycles. The van der Waals surface area contributed by atoms with Crippen LogP contribution < -0.4 is 16.9 Å². The van der Waals surface area contributed by atoms with Crippen LogP contribution in [0.5, 0.6) is 0 Å². The summed E-state index contributed by atoms with van der Waals surface area (Å²) in [5.41, 5.74) is 14.8. The van der Waals surface area contributed by atoms with Crippen LogP contribution in [0.15, 0.2) is 12.3 Å². The number of pyridine rings is 1. The molecule has 0 bridgehead atoms. The zero-order chi connectivity index (χ0) is 14.0. The Morgan fingerprint density at radius 3 is 2.63 bits per heavy atom. The van der Waals surface area contributed by atoms with Gasteiger partial charge in [0.1, 0.15) is 5.82 Å². The standard InChI is InChI=1S/C13H21N5O/c1-8-4-3-5-9(2)18(8)17-12-6-10(13(15)19)11(14)7-16-12/h6-9H,3-5,14H2,1-2H3,(H2,15,19)(H,16,17). The molecule has 0 saturated carbocycles. The second-order valence-corrected chi connectivity index (χ2v) is 5.17. The van der Waals surface area contributed by atoms with Crippen LogP contribution in [-0.4, -0.2) is 28.0 Å². The Kier molecular flexibility index (Phi) is 3.90. The van der Waals surface area contributed by atoms with Crippen molar-refractivity contribution in [3.8, 4) is 0 Å². The molecule has 5 N–H and O–H groups in total. The minimum absolute atomic E-state index is 0.301. The van der Waals surface area contributed by atoms with Crippen LogP contribution in [0.25, 0.3) is 0 Å². The maximum Gasteiger partial charge on any atom is 0.250 e. The normalized spacial score (nSPS) is 24.1. The fourth-order valence-corrected chi connectivity index (χ4v) is 2.51. The zero-order valence-electron chi connectivity index (χ0n) is 11.4. The SMILES string of the molecule is CC1CCCC(C)N1Nc1cc(C(N)=O)c(N)cn1. The van der Waals surface area contributed by atoms with Crippen molar-refractivity contribution in [3.05, 3.63) is 17.8 Å². The first kappa shape index (κ1) is 13.6. The van der Waals surface area contributed by atoms with Crippen molar-refractivity contribution in [2.75, 3.05) is 11.2 Å². The lowest BCUT2D eigenvalue weighted by molar-refractivity contribution is 0.100. The Morgan fingerprint density at radius 2 is 2.05 bits per heavy atom. The zero-order valence-corrected chi connectivity index (χ0v) is 11.4. The molecule has 19 heavy (non-hydrogen) atoms. The summed E-state index contributed by atoms with van der Waals surface area (Å²) >= 11 is 0. The second-order valence-electron chi connectivity index (χ2n) is 5.17. The molecule has 2 heterocycles. The van der Waals surface area contributed by atoms with Gasteiger partial charge in [0, 0.05) is 12.1 Å². The summed E-state index contributed by atoms with van der Waals surface area (Å²) in [4.78, 5) is 15.5. The molecule has 0 aliphatic carbocycles. The number of aromatic nitrogens is 1. The van der Waals surface area contributed by atoms with Crippen LogP contribution in [0.3, 0.4) is 0 Å². The maximum atomic E-state index is 11.3. The van der Waals surface area contributed by atoms with Gasteiger partial charge < -0.3 is 16.9 Å². The van der Waals surface area contributed by atoms with Crippen LogP contribution in [0.2, 0.25) is 0 Å². The second kappa shape index (κ2) is 5.44. The van der Waals surface area contributed by atoms with Crippen LogP contribution in [0, 0.1) is 0 Å². The van der Waals surface area contributed by atoms with Crippen molar-refractivity contribution in [3.63, 3.8) is 0 Å². The van der Waals surface area contributed by atoms with E-state index in [1.165, 1.54) is 12.6 Å². The van der Waals surface area contributed by atoms with Gasteiger partial charge >= 0.3 is 0 Å². The smallest absolute Gasteiger partial charge is 0.250 e. The molecule has 2 atom stereocenters. The highest BCUT2D eigenvalue weighted by molar-refractivity contribution is 5.98. The summed E-state index contributed by atoms with van der Waals surface area (Å²) in [5, 5.41) is 2.17. The first-order valence-corrected chi connectivity index (χ1v) is 6.59. The van der Waals surface area contributed by atoms with Gasteiger partial charge in [0.2, 0.25) is 0 Å². The van der Waals surface area contributed by atoms with Gasteiger partial charge in [-0.1, -0.05) is 6.42 Å². The molecule has 0 radical (unpaired) electrons. The summed E-state index contributed by atoms with van der Waals surface area (Å²) in [5.74, 6) is 0.0614. The molecule has 1 aromatic rings. The van der Waals surface area contributed by atoms with Gasteiger partial charge in [-0.3, -0.25) is 4.79 Å². The van der Waals surface area contributed by atoms with E-state index < -0.39 is 5.91 Å². The number of primary amides is 1. The summed E-state index contributed by atoms with van der Waals surface area (Å²) in [6.45, 7) is 4.35. The number of nitrogens with one attached hydrogen (secondary N) is 1. The number of nitrogen functional groups attached to an aromatic ring is 1. The van der Waals surface area contributed by atoms with Gasteiger partial charge in [-0.25, -0.2) is 9.99 Å². The molecule has 1 fully saturated rings. The number of hydrogen-bond donors (Lipinski definition) is 3. The number of amides is 1. The fraction of sp³-hybridized carbons (Fsp3) is 0.538. The number of nitrogens with two attached hydrogens (primary N) is 2. The maximum absolute atomic E-state index is 11.3. The third-order valence-electron chi connectivity index (χ3n) is 3.64. The molecule has 1 amide bonds.